The lowest BCUT2D eigenvalue weighted by Gasteiger charge is -2.25. The summed E-state index contributed by atoms with van der Waals surface area (Å²) in [4.78, 5) is 31.6. The SMILES string of the molecule is CCOC(=O)C1=C(C)N=c2s/c(=C/c3ccc(OC)c(Cl)c3)c(=O)n2[C@@H]1c1cccc(OC)c1. The van der Waals surface area contributed by atoms with Gasteiger partial charge in [0, 0.05) is 0 Å². The van der Waals surface area contributed by atoms with Crippen LogP contribution in [-0.2, 0) is 9.53 Å². The number of fused-ring (bicyclic) bond motifs is 1. The van der Waals surface area contributed by atoms with Gasteiger partial charge in [0.2, 0.25) is 0 Å². The molecule has 0 saturated carbocycles. The maximum absolute atomic E-state index is 13.6. The lowest BCUT2D eigenvalue weighted by molar-refractivity contribution is -0.139. The third-order valence-corrected chi connectivity index (χ3v) is 6.68. The minimum absolute atomic E-state index is 0.211. The standard InChI is InChI=1S/C25H23ClN2O5S/c1-5-33-24(30)21-14(2)27-25-28(22(21)16-7-6-8-17(13-16)31-3)23(29)20(34-25)12-15-9-10-19(32-4)18(26)11-15/h6-13,22H,5H2,1-4H3/b20-12+/t22-/m1/s1. The molecular formula is C25H23ClN2O5S. The molecule has 0 aliphatic carbocycles. The fraction of sp³-hybridized carbons (Fsp3) is 0.240. The van der Waals surface area contributed by atoms with Crippen molar-refractivity contribution >= 4 is 35.0 Å². The second-order valence-corrected chi connectivity index (χ2v) is 8.89. The zero-order valence-corrected chi connectivity index (χ0v) is 20.7. The zero-order valence-electron chi connectivity index (χ0n) is 19.1. The van der Waals surface area contributed by atoms with E-state index in [1.807, 2.05) is 24.3 Å². The number of allylic oxidation sites excluding steroid dienone is 1. The molecule has 1 aliphatic rings. The van der Waals surface area contributed by atoms with E-state index >= 15 is 0 Å². The molecule has 0 unspecified atom stereocenters. The van der Waals surface area contributed by atoms with E-state index in [0.717, 1.165) is 11.1 Å². The summed E-state index contributed by atoms with van der Waals surface area (Å²) in [5, 5.41) is 0.443. The van der Waals surface area contributed by atoms with Crippen molar-refractivity contribution in [3.05, 3.63) is 89.6 Å². The van der Waals surface area contributed by atoms with Gasteiger partial charge in [-0.3, -0.25) is 9.36 Å². The molecular weight excluding hydrogens is 476 g/mol. The summed E-state index contributed by atoms with van der Waals surface area (Å²) in [6, 6.07) is 11.9. The highest BCUT2D eigenvalue weighted by Gasteiger charge is 2.33. The fourth-order valence-corrected chi connectivity index (χ4v) is 5.16. The van der Waals surface area contributed by atoms with E-state index in [1.54, 1.807) is 52.3 Å². The molecule has 0 saturated heterocycles. The number of hydrogen-bond donors (Lipinski definition) is 0. The topological polar surface area (TPSA) is 79.1 Å². The Morgan fingerprint density at radius 3 is 2.68 bits per heavy atom. The van der Waals surface area contributed by atoms with Crippen molar-refractivity contribution in [1.82, 2.24) is 4.57 Å². The molecule has 4 rings (SSSR count). The average Bonchev–Trinajstić information content (AvgIpc) is 3.12. The molecule has 0 N–H and O–H groups in total. The van der Waals surface area contributed by atoms with Gasteiger partial charge in [0.05, 0.1) is 47.7 Å². The third-order valence-electron chi connectivity index (χ3n) is 5.40. The van der Waals surface area contributed by atoms with E-state index in [1.165, 1.54) is 15.9 Å². The summed E-state index contributed by atoms with van der Waals surface area (Å²) >= 11 is 7.51. The highest BCUT2D eigenvalue weighted by Crippen LogP contribution is 2.32. The molecule has 0 spiro atoms. The fourth-order valence-electron chi connectivity index (χ4n) is 3.84. The van der Waals surface area contributed by atoms with Crippen LogP contribution in [0.15, 0.2) is 63.5 Å². The lowest BCUT2D eigenvalue weighted by atomic mass is 9.95. The number of halogens is 1. The molecule has 2 aromatic carbocycles. The number of ether oxygens (including phenoxy) is 3. The van der Waals surface area contributed by atoms with Crippen LogP contribution in [0.2, 0.25) is 5.02 Å². The molecule has 0 bridgehead atoms. The van der Waals surface area contributed by atoms with Gasteiger partial charge in [0.15, 0.2) is 4.80 Å². The zero-order chi connectivity index (χ0) is 24.4. The van der Waals surface area contributed by atoms with E-state index in [9.17, 15) is 9.59 Å². The van der Waals surface area contributed by atoms with Gasteiger partial charge in [0.25, 0.3) is 5.56 Å². The predicted octanol–water partition coefficient (Wildman–Crippen LogP) is 3.47. The number of esters is 1. The van der Waals surface area contributed by atoms with Crippen LogP contribution in [0.25, 0.3) is 6.08 Å². The van der Waals surface area contributed by atoms with Crippen LogP contribution < -0.4 is 24.4 Å². The second kappa shape index (κ2) is 9.87. The number of carbonyl (C=O) groups is 1. The Hall–Kier alpha value is -3.36. The Balaban J connectivity index is 1.94. The van der Waals surface area contributed by atoms with Gasteiger partial charge in [0.1, 0.15) is 11.5 Å². The van der Waals surface area contributed by atoms with Crippen molar-refractivity contribution in [3.8, 4) is 11.5 Å². The first kappa shape index (κ1) is 23.8. The maximum Gasteiger partial charge on any atom is 0.338 e. The molecule has 34 heavy (non-hydrogen) atoms. The van der Waals surface area contributed by atoms with Crippen molar-refractivity contribution in [3.63, 3.8) is 0 Å². The third kappa shape index (κ3) is 4.38. The van der Waals surface area contributed by atoms with Crippen LogP contribution in [0.3, 0.4) is 0 Å². The molecule has 0 radical (unpaired) electrons. The van der Waals surface area contributed by atoms with E-state index in [2.05, 4.69) is 4.99 Å². The molecule has 176 valence electrons. The summed E-state index contributed by atoms with van der Waals surface area (Å²) < 4.78 is 17.9. The summed E-state index contributed by atoms with van der Waals surface area (Å²) in [5.41, 5.74) is 2.03. The summed E-state index contributed by atoms with van der Waals surface area (Å²) in [6.07, 6.45) is 1.75. The van der Waals surface area contributed by atoms with Crippen molar-refractivity contribution in [2.45, 2.75) is 19.9 Å². The van der Waals surface area contributed by atoms with Crippen LogP contribution in [0, 0.1) is 0 Å². The molecule has 1 aromatic heterocycles. The Morgan fingerprint density at radius 1 is 1.21 bits per heavy atom. The van der Waals surface area contributed by atoms with Gasteiger partial charge >= 0.3 is 5.97 Å². The largest absolute Gasteiger partial charge is 0.497 e. The molecule has 3 aromatic rings. The van der Waals surface area contributed by atoms with E-state index in [0.29, 0.717) is 37.1 Å². The van der Waals surface area contributed by atoms with Gasteiger partial charge < -0.3 is 14.2 Å². The number of nitrogens with zero attached hydrogens (tertiary/aromatic N) is 2. The Labute approximate surface area is 205 Å². The number of carbonyl (C=O) groups excluding carboxylic acids is 1. The molecule has 7 nitrogen and oxygen atoms in total. The summed E-state index contributed by atoms with van der Waals surface area (Å²) in [6.45, 7) is 3.70. The molecule has 0 amide bonds. The Morgan fingerprint density at radius 2 is 2.00 bits per heavy atom. The van der Waals surface area contributed by atoms with Crippen molar-refractivity contribution in [1.29, 1.82) is 0 Å². The van der Waals surface area contributed by atoms with E-state index in [4.69, 9.17) is 25.8 Å². The van der Waals surface area contributed by atoms with Crippen LogP contribution in [0.5, 0.6) is 11.5 Å². The summed E-state index contributed by atoms with van der Waals surface area (Å²) in [5.74, 6) is 0.658. The van der Waals surface area contributed by atoms with E-state index < -0.39 is 12.0 Å². The van der Waals surface area contributed by atoms with Crippen LogP contribution >= 0.6 is 22.9 Å². The maximum atomic E-state index is 13.6. The molecule has 0 fully saturated rings. The molecule has 1 aliphatic heterocycles. The molecule has 9 heteroatoms. The van der Waals surface area contributed by atoms with Crippen LogP contribution in [0.1, 0.15) is 31.0 Å². The van der Waals surface area contributed by atoms with Gasteiger partial charge in [-0.25, -0.2) is 9.79 Å². The minimum Gasteiger partial charge on any atom is -0.497 e. The predicted molar refractivity (Wildman–Crippen MR) is 131 cm³/mol. The van der Waals surface area contributed by atoms with Crippen LogP contribution in [0.4, 0.5) is 0 Å². The number of rotatable bonds is 6. The number of methoxy groups -OCH3 is 2. The molecule has 2 heterocycles. The normalized spacial score (nSPS) is 15.6. The Kier molecular flexibility index (Phi) is 6.90. The number of benzene rings is 2. The second-order valence-electron chi connectivity index (χ2n) is 7.47. The smallest absolute Gasteiger partial charge is 0.338 e. The van der Waals surface area contributed by atoms with Gasteiger partial charge in [-0.15, -0.1) is 0 Å². The Bertz CT molecular complexity index is 1470. The van der Waals surface area contributed by atoms with Crippen molar-refractivity contribution < 1.29 is 19.0 Å². The first-order valence-electron chi connectivity index (χ1n) is 10.5. The number of hydrogen-bond acceptors (Lipinski definition) is 7. The van der Waals surface area contributed by atoms with Crippen LogP contribution in [-0.4, -0.2) is 31.4 Å². The monoisotopic (exact) mass is 498 g/mol. The molecule has 1 atom stereocenters. The van der Waals surface area contributed by atoms with Crippen molar-refractivity contribution in [2.75, 3.05) is 20.8 Å². The first-order valence-corrected chi connectivity index (χ1v) is 11.7. The first-order chi connectivity index (χ1) is 16.4. The van der Waals surface area contributed by atoms with Gasteiger partial charge in [-0.1, -0.05) is 41.1 Å². The van der Waals surface area contributed by atoms with E-state index in [-0.39, 0.29) is 12.2 Å². The minimum atomic E-state index is -0.702. The highest BCUT2D eigenvalue weighted by atomic mass is 35.5. The average molecular weight is 499 g/mol. The van der Waals surface area contributed by atoms with Gasteiger partial charge in [-0.05, 0) is 55.3 Å². The number of aromatic nitrogens is 1. The van der Waals surface area contributed by atoms with Crippen molar-refractivity contribution in [2.24, 2.45) is 4.99 Å². The quantitative estimate of drug-likeness (QED) is 0.486. The number of thiazole rings is 1. The lowest BCUT2D eigenvalue weighted by Crippen LogP contribution is -2.39. The highest BCUT2D eigenvalue weighted by molar-refractivity contribution is 7.07. The van der Waals surface area contributed by atoms with Gasteiger partial charge in [-0.2, -0.15) is 0 Å². The summed E-state index contributed by atoms with van der Waals surface area (Å²) in [7, 11) is 3.11.